The molecule has 1 fully saturated rings. The van der Waals surface area contributed by atoms with Gasteiger partial charge in [-0.3, -0.25) is 4.79 Å². The summed E-state index contributed by atoms with van der Waals surface area (Å²) in [5, 5.41) is 13.1. The van der Waals surface area contributed by atoms with E-state index in [4.69, 9.17) is 0 Å². The Balaban J connectivity index is 2.44. The Morgan fingerprint density at radius 3 is 2.39 bits per heavy atom. The average Bonchev–Trinajstić information content (AvgIpc) is 2.28. The van der Waals surface area contributed by atoms with E-state index in [2.05, 4.69) is 19.2 Å². The van der Waals surface area contributed by atoms with Crippen LogP contribution in [-0.2, 0) is 10.2 Å². The van der Waals surface area contributed by atoms with Crippen molar-refractivity contribution in [2.75, 3.05) is 6.54 Å². The van der Waals surface area contributed by atoms with Gasteiger partial charge in [-0.05, 0) is 45.7 Å². The lowest BCUT2D eigenvalue weighted by Gasteiger charge is -2.43. The number of nitrogens with one attached hydrogen (secondary N) is 1. The molecule has 18 heavy (non-hydrogen) atoms. The van der Waals surface area contributed by atoms with Crippen molar-refractivity contribution in [2.24, 2.45) is 0 Å². The smallest absolute Gasteiger partial charge is 0.314 e. The monoisotopic (exact) mass is 247 g/mol. The Morgan fingerprint density at radius 2 is 1.89 bits per heavy atom. The van der Waals surface area contributed by atoms with Crippen LogP contribution in [0.15, 0.2) is 24.3 Å². The van der Waals surface area contributed by atoms with Crippen LogP contribution in [0.4, 0.5) is 0 Å². The molecular formula is C15H21NO2. The van der Waals surface area contributed by atoms with Crippen LogP contribution in [0.2, 0.25) is 0 Å². The Bertz CT molecular complexity index is 450. The van der Waals surface area contributed by atoms with Crippen LogP contribution < -0.4 is 5.32 Å². The number of benzene rings is 1. The largest absolute Gasteiger partial charge is 0.481 e. The van der Waals surface area contributed by atoms with E-state index in [1.54, 1.807) is 0 Å². The maximum atomic E-state index is 11.8. The normalized spacial score (nSPS) is 26.8. The van der Waals surface area contributed by atoms with E-state index < -0.39 is 11.4 Å². The number of rotatable bonds is 2. The number of carbonyl (C=O) groups is 1. The van der Waals surface area contributed by atoms with E-state index in [0.29, 0.717) is 12.8 Å². The SMILES string of the molecule is Cc1ccc(C2(C(=O)O)CCNC(C)(C)C2)cc1. The summed E-state index contributed by atoms with van der Waals surface area (Å²) >= 11 is 0. The van der Waals surface area contributed by atoms with Gasteiger partial charge in [-0.1, -0.05) is 29.8 Å². The number of carboxylic acid groups (broad SMARTS) is 1. The lowest BCUT2D eigenvalue weighted by Crippen LogP contribution is -2.55. The summed E-state index contributed by atoms with van der Waals surface area (Å²) < 4.78 is 0. The highest BCUT2D eigenvalue weighted by molar-refractivity contribution is 5.82. The third kappa shape index (κ3) is 2.27. The second-order valence-corrected chi connectivity index (χ2v) is 5.99. The number of aryl methyl sites for hydroxylation is 1. The third-order valence-electron chi connectivity index (χ3n) is 3.91. The first kappa shape index (κ1) is 13.1. The van der Waals surface area contributed by atoms with Crippen molar-refractivity contribution in [3.8, 4) is 0 Å². The number of hydrogen-bond acceptors (Lipinski definition) is 2. The Labute approximate surface area is 108 Å². The van der Waals surface area contributed by atoms with E-state index in [0.717, 1.165) is 17.7 Å². The van der Waals surface area contributed by atoms with Gasteiger partial charge in [-0.15, -0.1) is 0 Å². The van der Waals surface area contributed by atoms with Gasteiger partial charge in [0.15, 0.2) is 0 Å². The van der Waals surface area contributed by atoms with Gasteiger partial charge in [0.1, 0.15) is 0 Å². The molecule has 1 heterocycles. The molecule has 1 aromatic rings. The predicted octanol–water partition coefficient (Wildman–Crippen LogP) is 2.48. The van der Waals surface area contributed by atoms with Crippen LogP contribution in [0, 0.1) is 6.92 Å². The van der Waals surface area contributed by atoms with Crippen LogP contribution in [0.25, 0.3) is 0 Å². The van der Waals surface area contributed by atoms with Crippen LogP contribution in [-0.4, -0.2) is 23.2 Å². The van der Waals surface area contributed by atoms with Gasteiger partial charge in [-0.25, -0.2) is 0 Å². The molecule has 98 valence electrons. The van der Waals surface area contributed by atoms with Crippen LogP contribution in [0.1, 0.15) is 37.8 Å². The van der Waals surface area contributed by atoms with E-state index >= 15 is 0 Å². The Kier molecular flexibility index (Phi) is 3.20. The maximum absolute atomic E-state index is 11.8. The van der Waals surface area contributed by atoms with Gasteiger partial charge >= 0.3 is 5.97 Å². The van der Waals surface area contributed by atoms with Crippen molar-refractivity contribution in [3.63, 3.8) is 0 Å². The summed E-state index contributed by atoms with van der Waals surface area (Å²) in [5.41, 5.74) is 1.20. The molecule has 1 unspecified atom stereocenters. The van der Waals surface area contributed by atoms with E-state index in [1.165, 1.54) is 0 Å². The zero-order chi connectivity index (χ0) is 13.4. The third-order valence-corrected chi connectivity index (χ3v) is 3.91. The first-order valence-corrected chi connectivity index (χ1v) is 6.41. The summed E-state index contributed by atoms with van der Waals surface area (Å²) in [6, 6.07) is 7.92. The minimum atomic E-state index is -0.748. The summed E-state index contributed by atoms with van der Waals surface area (Å²) in [6.45, 7) is 6.90. The van der Waals surface area contributed by atoms with Gasteiger partial charge in [0.2, 0.25) is 0 Å². The Morgan fingerprint density at radius 1 is 1.28 bits per heavy atom. The van der Waals surface area contributed by atoms with Crippen LogP contribution in [0.3, 0.4) is 0 Å². The van der Waals surface area contributed by atoms with Crippen molar-refractivity contribution in [2.45, 2.75) is 44.6 Å². The maximum Gasteiger partial charge on any atom is 0.314 e. The summed E-state index contributed by atoms with van der Waals surface area (Å²) in [5.74, 6) is -0.707. The van der Waals surface area contributed by atoms with E-state index in [9.17, 15) is 9.90 Å². The first-order chi connectivity index (χ1) is 8.36. The summed E-state index contributed by atoms with van der Waals surface area (Å²) in [4.78, 5) is 11.8. The van der Waals surface area contributed by atoms with Crippen molar-refractivity contribution in [1.82, 2.24) is 5.32 Å². The first-order valence-electron chi connectivity index (χ1n) is 6.41. The fraction of sp³-hybridized carbons (Fsp3) is 0.533. The summed E-state index contributed by atoms with van der Waals surface area (Å²) in [6.07, 6.45) is 1.27. The van der Waals surface area contributed by atoms with Gasteiger partial charge in [0.05, 0.1) is 5.41 Å². The van der Waals surface area contributed by atoms with E-state index in [1.807, 2.05) is 31.2 Å². The van der Waals surface area contributed by atoms with Crippen LogP contribution >= 0.6 is 0 Å². The zero-order valence-corrected chi connectivity index (χ0v) is 11.3. The molecule has 0 amide bonds. The fourth-order valence-corrected chi connectivity index (χ4v) is 2.94. The number of carboxylic acids is 1. The van der Waals surface area contributed by atoms with E-state index in [-0.39, 0.29) is 5.54 Å². The molecule has 1 saturated heterocycles. The number of aliphatic carboxylic acids is 1. The fourth-order valence-electron chi connectivity index (χ4n) is 2.94. The van der Waals surface area contributed by atoms with Gasteiger partial charge in [0.25, 0.3) is 0 Å². The molecule has 3 heteroatoms. The molecule has 2 rings (SSSR count). The highest BCUT2D eigenvalue weighted by Crippen LogP contribution is 2.39. The quantitative estimate of drug-likeness (QED) is 0.844. The molecule has 3 nitrogen and oxygen atoms in total. The number of piperidine rings is 1. The molecule has 0 radical (unpaired) electrons. The highest BCUT2D eigenvalue weighted by atomic mass is 16.4. The molecule has 0 spiro atoms. The van der Waals surface area contributed by atoms with Crippen molar-refractivity contribution in [1.29, 1.82) is 0 Å². The minimum Gasteiger partial charge on any atom is -0.481 e. The number of hydrogen-bond donors (Lipinski definition) is 2. The molecule has 0 bridgehead atoms. The second kappa shape index (κ2) is 4.39. The van der Waals surface area contributed by atoms with Gasteiger partial charge < -0.3 is 10.4 Å². The Hall–Kier alpha value is -1.35. The average molecular weight is 247 g/mol. The predicted molar refractivity (Wildman–Crippen MR) is 71.8 cm³/mol. The van der Waals surface area contributed by atoms with Gasteiger partial charge in [0, 0.05) is 5.54 Å². The molecule has 1 aliphatic rings. The lowest BCUT2D eigenvalue weighted by atomic mass is 9.67. The highest BCUT2D eigenvalue weighted by Gasteiger charge is 2.46. The molecule has 1 aliphatic heterocycles. The van der Waals surface area contributed by atoms with Crippen molar-refractivity contribution < 1.29 is 9.90 Å². The zero-order valence-electron chi connectivity index (χ0n) is 11.3. The molecular weight excluding hydrogens is 226 g/mol. The van der Waals surface area contributed by atoms with Crippen molar-refractivity contribution >= 4 is 5.97 Å². The molecule has 2 N–H and O–H groups in total. The van der Waals surface area contributed by atoms with Gasteiger partial charge in [-0.2, -0.15) is 0 Å². The topological polar surface area (TPSA) is 49.3 Å². The molecule has 0 aromatic heterocycles. The standard InChI is InChI=1S/C15H21NO2/c1-11-4-6-12(7-5-11)15(13(17)18)8-9-16-14(2,3)10-15/h4-7,16H,8-10H2,1-3H3,(H,17,18). The summed E-state index contributed by atoms with van der Waals surface area (Å²) in [7, 11) is 0. The lowest BCUT2D eigenvalue weighted by molar-refractivity contribution is -0.146. The molecule has 1 aromatic carbocycles. The van der Waals surface area contributed by atoms with Crippen molar-refractivity contribution in [3.05, 3.63) is 35.4 Å². The second-order valence-electron chi connectivity index (χ2n) is 5.99. The molecule has 1 atom stereocenters. The van der Waals surface area contributed by atoms with Crippen LogP contribution in [0.5, 0.6) is 0 Å². The molecule has 0 saturated carbocycles. The minimum absolute atomic E-state index is 0.137. The molecule has 0 aliphatic carbocycles.